The fourth-order valence-electron chi connectivity index (χ4n) is 3.69. The van der Waals surface area contributed by atoms with E-state index < -0.39 is 0 Å². The van der Waals surface area contributed by atoms with E-state index in [9.17, 15) is 4.79 Å². The summed E-state index contributed by atoms with van der Waals surface area (Å²) in [5.41, 5.74) is 1.65. The van der Waals surface area contributed by atoms with Crippen molar-refractivity contribution in [1.29, 1.82) is 5.26 Å². The van der Waals surface area contributed by atoms with Crippen LogP contribution in [-0.2, 0) is 4.79 Å². The van der Waals surface area contributed by atoms with Crippen LogP contribution < -0.4 is 14.4 Å². The zero-order valence-corrected chi connectivity index (χ0v) is 18.8. The molecule has 33 heavy (non-hydrogen) atoms. The fraction of sp³-hybridized carbons (Fsp3) is 0.333. The molecule has 2 heterocycles. The van der Waals surface area contributed by atoms with Crippen molar-refractivity contribution in [1.82, 2.24) is 14.8 Å². The number of carbonyl (C=O) groups is 1. The molecule has 2 aromatic carbocycles. The second-order valence-electron chi connectivity index (χ2n) is 7.84. The van der Waals surface area contributed by atoms with Crippen LogP contribution in [0.5, 0.6) is 11.5 Å². The third-order valence-corrected chi connectivity index (χ3v) is 6.29. The zero-order chi connectivity index (χ0) is 22.6. The molecule has 2 aliphatic rings. The first-order chi connectivity index (χ1) is 16.2. The summed E-state index contributed by atoms with van der Waals surface area (Å²) in [6.07, 6.45) is 2.46. The highest BCUT2D eigenvalue weighted by Crippen LogP contribution is 2.40. The number of amides is 1. The standard InChI is InChI=1S/C24H23N5O3S/c25-11-4-12-28(19-9-10-20-21(15-19)32-14-13-31-20)22(30)16-33-24-26-23(17-7-8-17)29(27-24)18-5-2-1-3-6-18/h1-3,5-6,9-10,15,17H,4,7-8,12-14,16H2. The molecule has 0 saturated heterocycles. The Kier molecular flexibility index (Phi) is 6.17. The predicted octanol–water partition coefficient (Wildman–Crippen LogP) is 3.95. The fourth-order valence-corrected chi connectivity index (χ4v) is 4.40. The van der Waals surface area contributed by atoms with Gasteiger partial charge in [-0.05, 0) is 37.1 Å². The van der Waals surface area contributed by atoms with Gasteiger partial charge < -0.3 is 14.4 Å². The molecule has 8 nitrogen and oxygen atoms in total. The molecule has 1 aromatic heterocycles. The van der Waals surface area contributed by atoms with E-state index in [1.165, 1.54) is 11.8 Å². The van der Waals surface area contributed by atoms with Crippen LogP contribution in [0.1, 0.15) is 31.0 Å². The van der Waals surface area contributed by atoms with Crippen LogP contribution in [0.25, 0.3) is 5.69 Å². The lowest BCUT2D eigenvalue weighted by molar-refractivity contribution is -0.116. The van der Waals surface area contributed by atoms with Gasteiger partial charge in [-0.1, -0.05) is 30.0 Å². The van der Waals surface area contributed by atoms with Crippen molar-refractivity contribution in [2.45, 2.75) is 30.3 Å². The lowest BCUT2D eigenvalue weighted by atomic mass is 10.2. The first-order valence-electron chi connectivity index (χ1n) is 10.9. The molecule has 168 valence electrons. The largest absolute Gasteiger partial charge is 0.486 e. The average Bonchev–Trinajstić information content (AvgIpc) is 3.62. The summed E-state index contributed by atoms with van der Waals surface area (Å²) in [4.78, 5) is 19.5. The number of benzene rings is 2. The van der Waals surface area contributed by atoms with E-state index in [0.717, 1.165) is 24.4 Å². The predicted molar refractivity (Wildman–Crippen MR) is 124 cm³/mol. The van der Waals surface area contributed by atoms with Crippen molar-refractivity contribution in [3.63, 3.8) is 0 Å². The van der Waals surface area contributed by atoms with Gasteiger partial charge in [-0.2, -0.15) is 5.26 Å². The summed E-state index contributed by atoms with van der Waals surface area (Å²) in [5.74, 6) is 2.70. The van der Waals surface area contributed by atoms with Crippen molar-refractivity contribution in [3.05, 3.63) is 54.4 Å². The number of nitriles is 1. The number of rotatable bonds is 8. The quantitative estimate of drug-likeness (QED) is 0.469. The smallest absolute Gasteiger partial charge is 0.237 e. The van der Waals surface area contributed by atoms with Gasteiger partial charge in [0.2, 0.25) is 11.1 Å². The number of thioether (sulfide) groups is 1. The number of carbonyl (C=O) groups excluding carboxylic acids is 1. The number of anilines is 1. The molecule has 0 bridgehead atoms. The van der Waals surface area contributed by atoms with Crippen molar-refractivity contribution < 1.29 is 14.3 Å². The number of aromatic nitrogens is 3. The molecular formula is C24H23N5O3S. The summed E-state index contributed by atoms with van der Waals surface area (Å²) in [7, 11) is 0. The number of ether oxygens (including phenoxy) is 2. The lowest BCUT2D eigenvalue weighted by Crippen LogP contribution is -2.33. The maximum Gasteiger partial charge on any atom is 0.237 e. The van der Waals surface area contributed by atoms with E-state index in [2.05, 4.69) is 11.2 Å². The van der Waals surface area contributed by atoms with E-state index in [1.54, 1.807) is 17.0 Å². The Morgan fingerprint density at radius 1 is 1.15 bits per heavy atom. The number of hydrogen-bond donors (Lipinski definition) is 0. The zero-order valence-electron chi connectivity index (χ0n) is 18.0. The molecular weight excluding hydrogens is 438 g/mol. The van der Waals surface area contributed by atoms with Crippen LogP contribution in [0.15, 0.2) is 53.7 Å². The Morgan fingerprint density at radius 2 is 1.94 bits per heavy atom. The topological polar surface area (TPSA) is 93.3 Å². The summed E-state index contributed by atoms with van der Waals surface area (Å²) in [5, 5.41) is 14.3. The number of para-hydroxylation sites is 1. The third kappa shape index (κ3) is 4.81. The number of hydrogen-bond acceptors (Lipinski definition) is 7. The molecule has 9 heteroatoms. The van der Waals surface area contributed by atoms with Gasteiger partial charge in [0.05, 0.1) is 23.9 Å². The van der Waals surface area contributed by atoms with Gasteiger partial charge in [-0.15, -0.1) is 5.10 Å². The average molecular weight is 462 g/mol. The molecule has 0 N–H and O–H groups in total. The van der Waals surface area contributed by atoms with Crippen molar-refractivity contribution >= 4 is 23.4 Å². The third-order valence-electron chi connectivity index (χ3n) is 5.47. The number of fused-ring (bicyclic) bond motifs is 1. The van der Waals surface area contributed by atoms with Gasteiger partial charge in [-0.3, -0.25) is 4.79 Å². The molecule has 0 radical (unpaired) electrons. The molecule has 1 amide bonds. The molecule has 0 spiro atoms. The molecule has 1 saturated carbocycles. The van der Waals surface area contributed by atoms with E-state index >= 15 is 0 Å². The molecule has 1 fully saturated rings. The van der Waals surface area contributed by atoms with Crippen molar-refractivity contribution in [2.75, 3.05) is 30.4 Å². The normalized spacial score (nSPS) is 14.5. The van der Waals surface area contributed by atoms with Crippen LogP contribution in [0, 0.1) is 11.3 Å². The monoisotopic (exact) mass is 461 g/mol. The molecule has 1 aliphatic carbocycles. The van der Waals surface area contributed by atoms with Crippen LogP contribution >= 0.6 is 11.8 Å². The molecule has 0 atom stereocenters. The maximum absolute atomic E-state index is 13.2. The van der Waals surface area contributed by atoms with Gasteiger partial charge in [0.15, 0.2) is 11.5 Å². The van der Waals surface area contributed by atoms with Gasteiger partial charge in [0.1, 0.15) is 19.0 Å². The SMILES string of the molecule is N#CCCN(C(=O)CSc1nc(C2CC2)n(-c2ccccc2)n1)c1ccc2c(c1)OCCO2. The number of nitrogens with zero attached hydrogens (tertiary/aromatic N) is 5. The van der Waals surface area contributed by atoms with Gasteiger partial charge >= 0.3 is 0 Å². The molecule has 0 unspecified atom stereocenters. The summed E-state index contributed by atoms with van der Waals surface area (Å²) >= 11 is 1.32. The first-order valence-corrected chi connectivity index (χ1v) is 11.9. The second-order valence-corrected chi connectivity index (χ2v) is 8.79. The highest BCUT2D eigenvalue weighted by atomic mass is 32.2. The Labute approximate surface area is 196 Å². The Hall–Kier alpha value is -3.51. The van der Waals surface area contributed by atoms with E-state index in [4.69, 9.17) is 19.7 Å². The van der Waals surface area contributed by atoms with Gasteiger partial charge in [0, 0.05) is 24.2 Å². The van der Waals surface area contributed by atoms with Gasteiger partial charge in [-0.25, -0.2) is 9.67 Å². The highest BCUT2D eigenvalue weighted by molar-refractivity contribution is 7.99. The van der Waals surface area contributed by atoms with E-state index in [1.807, 2.05) is 41.1 Å². The van der Waals surface area contributed by atoms with Crippen molar-refractivity contribution in [2.24, 2.45) is 0 Å². The minimum Gasteiger partial charge on any atom is -0.486 e. The van der Waals surface area contributed by atoms with Crippen LogP contribution in [0.3, 0.4) is 0 Å². The van der Waals surface area contributed by atoms with Crippen LogP contribution in [-0.4, -0.2) is 46.2 Å². The Balaban J connectivity index is 1.33. The lowest BCUT2D eigenvalue weighted by Gasteiger charge is -2.24. The van der Waals surface area contributed by atoms with Crippen molar-refractivity contribution in [3.8, 4) is 23.3 Å². The van der Waals surface area contributed by atoms with Crippen LogP contribution in [0.4, 0.5) is 5.69 Å². The second kappa shape index (κ2) is 9.55. The summed E-state index contributed by atoms with van der Waals surface area (Å²) < 4.78 is 13.1. The van der Waals surface area contributed by atoms with E-state index in [-0.39, 0.29) is 18.1 Å². The Bertz CT molecular complexity index is 1190. The maximum atomic E-state index is 13.2. The first kappa shape index (κ1) is 21.3. The Morgan fingerprint density at radius 3 is 2.70 bits per heavy atom. The minimum absolute atomic E-state index is 0.115. The van der Waals surface area contributed by atoms with Gasteiger partial charge in [0.25, 0.3) is 0 Å². The van der Waals surface area contributed by atoms with E-state index in [0.29, 0.717) is 48.0 Å². The molecule has 5 rings (SSSR count). The molecule has 3 aromatic rings. The van der Waals surface area contributed by atoms with Crippen LogP contribution in [0.2, 0.25) is 0 Å². The summed E-state index contributed by atoms with van der Waals surface area (Å²) in [6, 6.07) is 17.5. The minimum atomic E-state index is -0.115. The molecule has 1 aliphatic heterocycles. The summed E-state index contributed by atoms with van der Waals surface area (Å²) in [6.45, 7) is 1.28. The highest BCUT2D eigenvalue weighted by Gasteiger charge is 2.30.